The van der Waals surface area contributed by atoms with Gasteiger partial charge >= 0.3 is 0 Å². The highest BCUT2D eigenvalue weighted by molar-refractivity contribution is 6.36. The summed E-state index contributed by atoms with van der Waals surface area (Å²) < 4.78 is 2.00. The maximum absolute atomic E-state index is 6.28. The van der Waals surface area contributed by atoms with E-state index in [0.717, 1.165) is 28.2 Å². The maximum atomic E-state index is 6.28. The van der Waals surface area contributed by atoms with Crippen LogP contribution in [0.5, 0.6) is 0 Å². The van der Waals surface area contributed by atoms with Crippen LogP contribution in [-0.2, 0) is 5.88 Å². The van der Waals surface area contributed by atoms with E-state index < -0.39 is 0 Å². The predicted octanol–water partition coefficient (Wildman–Crippen LogP) is 5.36. The van der Waals surface area contributed by atoms with E-state index in [2.05, 4.69) is 4.98 Å². The number of benzene rings is 1. The van der Waals surface area contributed by atoms with Gasteiger partial charge in [0.25, 0.3) is 0 Å². The minimum Gasteiger partial charge on any atom is -0.302 e. The van der Waals surface area contributed by atoms with Crippen LogP contribution in [0.3, 0.4) is 0 Å². The molecule has 2 aromatic heterocycles. The Morgan fingerprint density at radius 2 is 1.95 bits per heavy atom. The van der Waals surface area contributed by atoms with Crippen molar-refractivity contribution in [2.75, 3.05) is 0 Å². The molecule has 1 aromatic carbocycles. The molecule has 20 heavy (non-hydrogen) atoms. The van der Waals surface area contributed by atoms with Gasteiger partial charge in [0.1, 0.15) is 5.65 Å². The zero-order valence-electron chi connectivity index (χ0n) is 10.7. The van der Waals surface area contributed by atoms with Crippen molar-refractivity contribution in [3.63, 3.8) is 0 Å². The van der Waals surface area contributed by atoms with Crippen molar-refractivity contribution >= 4 is 40.4 Å². The van der Waals surface area contributed by atoms with Crippen LogP contribution in [-0.4, -0.2) is 9.38 Å². The zero-order valence-corrected chi connectivity index (χ0v) is 13.0. The summed E-state index contributed by atoms with van der Waals surface area (Å²) in [6, 6.07) is 9.38. The van der Waals surface area contributed by atoms with Gasteiger partial charge in [-0.25, -0.2) is 4.98 Å². The van der Waals surface area contributed by atoms with Crippen molar-refractivity contribution in [1.82, 2.24) is 9.38 Å². The van der Waals surface area contributed by atoms with Gasteiger partial charge in [0.2, 0.25) is 0 Å². The fourth-order valence-corrected chi connectivity index (χ4v) is 2.98. The number of fused-ring (bicyclic) bond motifs is 1. The number of halogens is 3. The van der Waals surface area contributed by atoms with Crippen molar-refractivity contribution in [2.24, 2.45) is 0 Å². The number of pyridine rings is 1. The molecular weight excluding hydrogens is 315 g/mol. The van der Waals surface area contributed by atoms with Gasteiger partial charge in [-0.05, 0) is 36.8 Å². The lowest BCUT2D eigenvalue weighted by Crippen LogP contribution is -1.92. The molecule has 0 aliphatic carbocycles. The normalized spacial score (nSPS) is 11.2. The number of aryl methyl sites for hydroxylation is 1. The minimum absolute atomic E-state index is 0.360. The molecule has 0 bridgehead atoms. The molecule has 0 aliphatic heterocycles. The van der Waals surface area contributed by atoms with Gasteiger partial charge in [-0.1, -0.05) is 29.3 Å². The van der Waals surface area contributed by atoms with E-state index in [4.69, 9.17) is 34.8 Å². The molecule has 102 valence electrons. The second kappa shape index (κ2) is 5.28. The third kappa shape index (κ3) is 2.28. The Morgan fingerprint density at radius 1 is 1.15 bits per heavy atom. The molecule has 0 saturated carbocycles. The average molecular weight is 326 g/mol. The molecular formula is C15H11Cl3N2. The van der Waals surface area contributed by atoms with Crippen molar-refractivity contribution in [3.05, 3.63) is 57.8 Å². The predicted molar refractivity (Wildman–Crippen MR) is 84.9 cm³/mol. The first kappa shape index (κ1) is 13.7. The van der Waals surface area contributed by atoms with Crippen molar-refractivity contribution in [1.29, 1.82) is 0 Å². The number of imidazole rings is 1. The van der Waals surface area contributed by atoms with E-state index in [1.54, 1.807) is 12.1 Å². The molecule has 0 spiro atoms. The van der Waals surface area contributed by atoms with Crippen LogP contribution in [0.4, 0.5) is 0 Å². The van der Waals surface area contributed by atoms with Crippen LogP contribution in [0, 0.1) is 6.92 Å². The largest absolute Gasteiger partial charge is 0.302 e. The molecule has 0 fully saturated rings. The fourth-order valence-electron chi connectivity index (χ4n) is 2.22. The maximum Gasteiger partial charge on any atom is 0.137 e. The van der Waals surface area contributed by atoms with Gasteiger partial charge in [-0.2, -0.15) is 0 Å². The molecule has 2 nitrogen and oxygen atoms in total. The Bertz CT molecular complexity index is 793. The smallest absolute Gasteiger partial charge is 0.137 e. The van der Waals surface area contributed by atoms with Crippen LogP contribution in [0.1, 0.15) is 11.3 Å². The van der Waals surface area contributed by atoms with Crippen molar-refractivity contribution in [2.45, 2.75) is 12.8 Å². The molecule has 0 atom stereocenters. The molecule has 5 heteroatoms. The van der Waals surface area contributed by atoms with E-state index in [9.17, 15) is 0 Å². The molecule has 2 heterocycles. The van der Waals surface area contributed by atoms with Crippen LogP contribution in [0.2, 0.25) is 10.0 Å². The molecule has 3 rings (SSSR count). The van der Waals surface area contributed by atoms with E-state index in [1.165, 1.54) is 0 Å². The Kier molecular flexibility index (Phi) is 3.63. The average Bonchev–Trinajstić information content (AvgIpc) is 2.76. The van der Waals surface area contributed by atoms with E-state index >= 15 is 0 Å². The Labute approximate surface area is 131 Å². The van der Waals surface area contributed by atoms with Gasteiger partial charge in [0.05, 0.1) is 22.3 Å². The van der Waals surface area contributed by atoms with Crippen LogP contribution < -0.4 is 0 Å². The zero-order chi connectivity index (χ0) is 14.3. The van der Waals surface area contributed by atoms with Gasteiger partial charge in [0.15, 0.2) is 0 Å². The number of alkyl halides is 1. The summed E-state index contributed by atoms with van der Waals surface area (Å²) in [5.41, 5.74) is 4.57. The summed E-state index contributed by atoms with van der Waals surface area (Å²) in [6.45, 7) is 2.03. The van der Waals surface area contributed by atoms with Crippen molar-refractivity contribution in [3.8, 4) is 11.3 Å². The third-order valence-electron chi connectivity index (χ3n) is 3.18. The van der Waals surface area contributed by atoms with Crippen LogP contribution in [0.15, 0.2) is 36.5 Å². The molecule has 3 aromatic rings. The SMILES string of the molecule is Cc1ccc2nc(-c3ccc(Cl)cc3Cl)c(CCl)n2c1. The first-order chi connectivity index (χ1) is 9.60. The number of hydrogen-bond donors (Lipinski definition) is 0. The summed E-state index contributed by atoms with van der Waals surface area (Å²) >= 11 is 18.3. The van der Waals surface area contributed by atoms with Gasteiger partial charge in [0, 0.05) is 16.8 Å². The lowest BCUT2D eigenvalue weighted by Gasteiger charge is -2.04. The van der Waals surface area contributed by atoms with Crippen molar-refractivity contribution < 1.29 is 0 Å². The number of nitrogens with zero attached hydrogens (tertiary/aromatic N) is 2. The first-order valence-electron chi connectivity index (χ1n) is 6.09. The minimum atomic E-state index is 0.360. The summed E-state index contributed by atoms with van der Waals surface area (Å²) in [5.74, 6) is 0.360. The summed E-state index contributed by atoms with van der Waals surface area (Å²) in [6.07, 6.45) is 2.02. The van der Waals surface area contributed by atoms with Gasteiger partial charge < -0.3 is 4.40 Å². The molecule has 0 unspecified atom stereocenters. The van der Waals surface area contributed by atoms with Crippen LogP contribution >= 0.6 is 34.8 Å². The van der Waals surface area contributed by atoms with E-state index in [0.29, 0.717) is 15.9 Å². The third-order valence-corrected chi connectivity index (χ3v) is 3.98. The first-order valence-corrected chi connectivity index (χ1v) is 7.38. The number of aromatic nitrogens is 2. The summed E-state index contributed by atoms with van der Waals surface area (Å²) in [4.78, 5) is 4.64. The molecule has 0 radical (unpaired) electrons. The summed E-state index contributed by atoms with van der Waals surface area (Å²) in [5, 5.41) is 1.18. The molecule has 0 amide bonds. The monoisotopic (exact) mass is 324 g/mol. The topological polar surface area (TPSA) is 17.3 Å². The number of rotatable bonds is 2. The number of hydrogen-bond acceptors (Lipinski definition) is 1. The Hall–Kier alpha value is -1.22. The molecule has 0 N–H and O–H groups in total. The van der Waals surface area contributed by atoms with Gasteiger partial charge in [-0.3, -0.25) is 0 Å². The highest BCUT2D eigenvalue weighted by Gasteiger charge is 2.15. The van der Waals surface area contributed by atoms with Gasteiger partial charge in [-0.15, -0.1) is 11.6 Å². The Balaban J connectivity index is 2.30. The molecule has 0 aliphatic rings. The lowest BCUT2D eigenvalue weighted by molar-refractivity contribution is 1.07. The lowest BCUT2D eigenvalue weighted by atomic mass is 10.1. The van der Waals surface area contributed by atoms with E-state index in [1.807, 2.05) is 35.7 Å². The Morgan fingerprint density at radius 3 is 2.65 bits per heavy atom. The van der Waals surface area contributed by atoms with E-state index in [-0.39, 0.29) is 0 Å². The van der Waals surface area contributed by atoms with Crippen LogP contribution in [0.25, 0.3) is 16.9 Å². The quantitative estimate of drug-likeness (QED) is 0.580. The molecule has 0 saturated heterocycles. The second-order valence-corrected chi connectivity index (χ2v) is 5.71. The summed E-state index contributed by atoms with van der Waals surface area (Å²) in [7, 11) is 0. The second-order valence-electron chi connectivity index (χ2n) is 4.60. The standard InChI is InChI=1S/C15H11Cl3N2/c1-9-2-5-14-19-15(13(7-16)20(14)8-9)11-4-3-10(17)6-12(11)18/h2-6,8H,7H2,1H3. The highest BCUT2D eigenvalue weighted by Crippen LogP contribution is 2.33. The fraction of sp³-hybridized carbons (Fsp3) is 0.133. The highest BCUT2D eigenvalue weighted by atomic mass is 35.5.